The van der Waals surface area contributed by atoms with Crippen LogP contribution in [-0.4, -0.2) is 47.1 Å². The van der Waals surface area contributed by atoms with Crippen LogP contribution in [0.5, 0.6) is 0 Å². The van der Waals surface area contributed by atoms with Gasteiger partial charge in [0.25, 0.3) is 5.91 Å². The molecule has 5 nitrogen and oxygen atoms in total. The van der Waals surface area contributed by atoms with Crippen LogP contribution in [0.3, 0.4) is 0 Å². The highest BCUT2D eigenvalue weighted by Gasteiger charge is 2.24. The molecular weight excluding hydrogens is 352 g/mol. The molecule has 0 spiro atoms. The highest BCUT2D eigenvalue weighted by Crippen LogP contribution is 2.23. The summed E-state index contributed by atoms with van der Waals surface area (Å²) >= 11 is 0. The number of H-pyrrole nitrogens is 1. The molecule has 138 valence electrons. The minimum absolute atomic E-state index is 0.234. The fourth-order valence-corrected chi connectivity index (χ4v) is 3.02. The number of amides is 1. The van der Waals surface area contributed by atoms with E-state index < -0.39 is 11.6 Å². The van der Waals surface area contributed by atoms with Crippen LogP contribution in [0.15, 0.2) is 42.5 Å². The first-order valence-electron chi connectivity index (χ1n) is 8.61. The number of hydrogen-bond acceptors (Lipinski definition) is 3. The SMILES string of the molecule is O=C(/C(=C/c1ccc(F)c(F)c1)c1nc2ccccc2[nH]1)N1CCOCC1. The molecule has 0 aliphatic carbocycles. The Morgan fingerprint density at radius 2 is 1.89 bits per heavy atom. The first-order valence-corrected chi connectivity index (χ1v) is 8.61. The second-order valence-electron chi connectivity index (χ2n) is 6.24. The van der Waals surface area contributed by atoms with Crippen LogP contribution in [0.2, 0.25) is 0 Å². The number of carbonyl (C=O) groups excluding carboxylic acids is 1. The zero-order valence-electron chi connectivity index (χ0n) is 14.4. The smallest absolute Gasteiger partial charge is 0.257 e. The van der Waals surface area contributed by atoms with Gasteiger partial charge in [-0.3, -0.25) is 4.79 Å². The number of ether oxygens (including phenoxy) is 1. The number of rotatable bonds is 3. The molecule has 0 atom stereocenters. The van der Waals surface area contributed by atoms with E-state index in [0.717, 1.165) is 23.2 Å². The maximum absolute atomic E-state index is 13.6. The minimum atomic E-state index is -0.966. The number of para-hydroxylation sites is 2. The summed E-state index contributed by atoms with van der Waals surface area (Å²) < 4.78 is 32.2. The summed E-state index contributed by atoms with van der Waals surface area (Å²) in [5, 5.41) is 0. The van der Waals surface area contributed by atoms with E-state index >= 15 is 0 Å². The van der Waals surface area contributed by atoms with Gasteiger partial charge < -0.3 is 14.6 Å². The molecule has 0 bridgehead atoms. The number of carbonyl (C=O) groups is 1. The lowest BCUT2D eigenvalue weighted by Crippen LogP contribution is -2.41. The van der Waals surface area contributed by atoms with Gasteiger partial charge in [0.2, 0.25) is 0 Å². The fourth-order valence-electron chi connectivity index (χ4n) is 3.02. The molecule has 1 aliphatic rings. The maximum Gasteiger partial charge on any atom is 0.257 e. The van der Waals surface area contributed by atoms with E-state index in [-0.39, 0.29) is 5.91 Å². The molecule has 27 heavy (non-hydrogen) atoms. The number of nitrogens with zero attached hydrogens (tertiary/aromatic N) is 2. The summed E-state index contributed by atoms with van der Waals surface area (Å²) in [7, 11) is 0. The van der Waals surface area contributed by atoms with Gasteiger partial charge in [-0.05, 0) is 35.9 Å². The number of morpholine rings is 1. The molecule has 1 saturated heterocycles. The van der Waals surface area contributed by atoms with Crippen LogP contribution in [0.4, 0.5) is 8.78 Å². The number of fused-ring (bicyclic) bond motifs is 1. The maximum atomic E-state index is 13.6. The third-order valence-electron chi connectivity index (χ3n) is 4.43. The normalized spacial score (nSPS) is 15.3. The van der Waals surface area contributed by atoms with Crippen LogP contribution in [0.1, 0.15) is 11.4 Å². The van der Waals surface area contributed by atoms with Gasteiger partial charge in [-0.15, -0.1) is 0 Å². The van der Waals surface area contributed by atoms with Gasteiger partial charge in [0, 0.05) is 13.1 Å². The molecule has 1 aromatic heterocycles. The van der Waals surface area contributed by atoms with E-state index in [2.05, 4.69) is 9.97 Å². The Morgan fingerprint density at radius 3 is 2.63 bits per heavy atom. The molecule has 7 heteroatoms. The van der Waals surface area contributed by atoms with Crippen molar-refractivity contribution in [1.29, 1.82) is 0 Å². The van der Waals surface area contributed by atoms with Crippen molar-refractivity contribution in [2.75, 3.05) is 26.3 Å². The number of nitrogens with one attached hydrogen (secondary N) is 1. The third-order valence-corrected chi connectivity index (χ3v) is 4.43. The number of benzene rings is 2. The Labute approximate surface area is 154 Å². The second-order valence-corrected chi connectivity index (χ2v) is 6.24. The van der Waals surface area contributed by atoms with Gasteiger partial charge in [0.1, 0.15) is 5.82 Å². The van der Waals surface area contributed by atoms with Crippen LogP contribution in [-0.2, 0) is 9.53 Å². The Morgan fingerprint density at radius 1 is 1.11 bits per heavy atom. The molecule has 2 aromatic carbocycles. The predicted octanol–water partition coefficient (Wildman–Crippen LogP) is 3.24. The minimum Gasteiger partial charge on any atom is -0.378 e. The monoisotopic (exact) mass is 369 g/mol. The van der Waals surface area contributed by atoms with Gasteiger partial charge in [-0.25, -0.2) is 13.8 Å². The second kappa shape index (κ2) is 7.28. The first kappa shape index (κ1) is 17.4. The molecule has 0 unspecified atom stereocenters. The summed E-state index contributed by atoms with van der Waals surface area (Å²) in [6.07, 6.45) is 1.53. The number of imidazole rings is 1. The van der Waals surface area contributed by atoms with Gasteiger partial charge >= 0.3 is 0 Å². The van der Waals surface area contributed by atoms with E-state index in [1.165, 1.54) is 12.1 Å². The molecule has 1 aliphatic heterocycles. The van der Waals surface area contributed by atoms with Crippen molar-refractivity contribution in [2.24, 2.45) is 0 Å². The zero-order valence-corrected chi connectivity index (χ0v) is 14.4. The van der Waals surface area contributed by atoms with Crippen molar-refractivity contribution in [1.82, 2.24) is 14.9 Å². The third kappa shape index (κ3) is 3.59. The Bertz CT molecular complexity index is 990. The molecule has 4 rings (SSSR count). The first-order chi connectivity index (χ1) is 13.1. The Hall–Kier alpha value is -3.06. The van der Waals surface area contributed by atoms with Crippen molar-refractivity contribution in [2.45, 2.75) is 0 Å². The Balaban J connectivity index is 1.79. The molecule has 0 radical (unpaired) electrons. The standard InChI is InChI=1S/C20H17F2N3O2/c21-15-6-5-13(12-16(15)22)11-14(20(26)25-7-9-27-10-8-25)19-23-17-3-1-2-4-18(17)24-19/h1-6,11-12H,7-10H2,(H,23,24)/b14-11+. The highest BCUT2D eigenvalue weighted by atomic mass is 19.2. The van der Waals surface area contributed by atoms with Gasteiger partial charge in [-0.2, -0.15) is 0 Å². The van der Waals surface area contributed by atoms with Gasteiger partial charge in [0.05, 0.1) is 29.8 Å². The molecule has 1 N–H and O–H groups in total. The van der Waals surface area contributed by atoms with Crippen LogP contribution < -0.4 is 0 Å². The molecule has 3 aromatic rings. The molecule has 0 saturated carbocycles. The summed E-state index contributed by atoms with van der Waals surface area (Å²) in [5.41, 5.74) is 2.18. The van der Waals surface area contributed by atoms with Crippen molar-refractivity contribution >= 4 is 28.6 Å². The van der Waals surface area contributed by atoms with E-state index in [0.29, 0.717) is 43.3 Å². The average molecular weight is 369 g/mol. The predicted molar refractivity (Wildman–Crippen MR) is 97.7 cm³/mol. The lowest BCUT2D eigenvalue weighted by atomic mass is 10.1. The van der Waals surface area contributed by atoms with E-state index in [1.807, 2.05) is 24.3 Å². The van der Waals surface area contributed by atoms with Crippen LogP contribution in [0, 0.1) is 11.6 Å². The number of aromatic nitrogens is 2. The van der Waals surface area contributed by atoms with Crippen LogP contribution >= 0.6 is 0 Å². The van der Waals surface area contributed by atoms with E-state index in [9.17, 15) is 13.6 Å². The molecule has 2 heterocycles. The van der Waals surface area contributed by atoms with E-state index in [1.54, 1.807) is 4.90 Å². The van der Waals surface area contributed by atoms with Gasteiger partial charge in [-0.1, -0.05) is 18.2 Å². The van der Waals surface area contributed by atoms with Crippen molar-refractivity contribution in [3.63, 3.8) is 0 Å². The Kier molecular flexibility index (Phi) is 4.68. The lowest BCUT2D eigenvalue weighted by molar-refractivity contribution is -0.128. The summed E-state index contributed by atoms with van der Waals surface area (Å²) in [5.74, 6) is -1.75. The fraction of sp³-hybridized carbons (Fsp3) is 0.200. The molecule has 1 fully saturated rings. The highest BCUT2D eigenvalue weighted by molar-refractivity contribution is 6.23. The zero-order chi connectivity index (χ0) is 18.8. The van der Waals surface area contributed by atoms with E-state index in [4.69, 9.17) is 4.74 Å². The number of halogens is 2. The van der Waals surface area contributed by atoms with Gasteiger partial charge in [0.15, 0.2) is 11.6 Å². The lowest BCUT2D eigenvalue weighted by Gasteiger charge is -2.27. The topological polar surface area (TPSA) is 58.2 Å². The largest absolute Gasteiger partial charge is 0.378 e. The number of hydrogen-bond donors (Lipinski definition) is 1. The van der Waals surface area contributed by atoms with Crippen molar-refractivity contribution < 1.29 is 18.3 Å². The van der Waals surface area contributed by atoms with Crippen molar-refractivity contribution in [3.8, 4) is 0 Å². The molecule has 1 amide bonds. The summed E-state index contributed by atoms with van der Waals surface area (Å²) in [6, 6.07) is 10.9. The van der Waals surface area contributed by atoms with Crippen molar-refractivity contribution in [3.05, 3.63) is 65.5 Å². The van der Waals surface area contributed by atoms with Crippen LogP contribution in [0.25, 0.3) is 22.7 Å². The quantitative estimate of drug-likeness (QED) is 0.721. The molecular formula is C20H17F2N3O2. The summed E-state index contributed by atoms with van der Waals surface area (Å²) in [4.78, 5) is 22.4. The number of aromatic amines is 1. The summed E-state index contributed by atoms with van der Waals surface area (Å²) in [6.45, 7) is 1.86. The average Bonchev–Trinajstić information content (AvgIpc) is 3.13.